The van der Waals surface area contributed by atoms with E-state index in [1.807, 2.05) is 39.5 Å². The molecule has 0 aromatic rings. The quantitative estimate of drug-likeness (QED) is 0.848. The van der Waals surface area contributed by atoms with Crippen LogP contribution < -0.4 is 5.32 Å². The molecule has 1 aliphatic heterocycles. The van der Waals surface area contributed by atoms with Crippen LogP contribution in [0.15, 0.2) is 0 Å². The van der Waals surface area contributed by atoms with Gasteiger partial charge in [0.2, 0.25) is 11.8 Å². The van der Waals surface area contributed by atoms with E-state index in [-0.39, 0.29) is 35.2 Å². The summed E-state index contributed by atoms with van der Waals surface area (Å²) in [5.41, 5.74) is -0.250. The summed E-state index contributed by atoms with van der Waals surface area (Å²) in [7, 11) is 0. The number of hydrogen-bond acceptors (Lipinski definition) is 2. The minimum absolute atomic E-state index is 0.00894. The van der Waals surface area contributed by atoms with Gasteiger partial charge in [0.15, 0.2) is 0 Å². The highest BCUT2D eigenvalue weighted by atomic mass is 16.2. The first-order valence-corrected chi connectivity index (χ1v) is 8.16. The van der Waals surface area contributed by atoms with Crippen LogP contribution in [0.5, 0.6) is 0 Å². The summed E-state index contributed by atoms with van der Waals surface area (Å²) in [6.07, 6.45) is 2.03. The Morgan fingerprint density at radius 3 is 2.14 bits per heavy atom. The molecule has 4 heteroatoms. The van der Waals surface area contributed by atoms with Gasteiger partial charge in [-0.3, -0.25) is 9.59 Å². The molecule has 1 fully saturated rings. The molecule has 1 rings (SSSR count). The number of nitrogens with zero attached hydrogens (tertiary/aromatic N) is 1. The summed E-state index contributed by atoms with van der Waals surface area (Å²) >= 11 is 0. The van der Waals surface area contributed by atoms with Crippen LogP contribution in [0.3, 0.4) is 0 Å². The van der Waals surface area contributed by atoms with Crippen molar-refractivity contribution in [2.24, 2.45) is 17.3 Å². The predicted molar refractivity (Wildman–Crippen MR) is 85.8 cm³/mol. The van der Waals surface area contributed by atoms with Crippen molar-refractivity contribution in [2.75, 3.05) is 6.54 Å². The van der Waals surface area contributed by atoms with Crippen LogP contribution in [-0.4, -0.2) is 35.3 Å². The van der Waals surface area contributed by atoms with Gasteiger partial charge in [0, 0.05) is 6.54 Å². The number of carbonyl (C=O) groups is 2. The molecule has 21 heavy (non-hydrogen) atoms. The molecule has 0 bridgehead atoms. The molecule has 2 amide bonds. The van der Waals surface area contributed by atoms with Crippen molar-refractivity contribution in [3.8, 4) is 0 Å². The monoisotopic (exact) mass is 296 g/mol. The van der Waals surface area contributed by atoms with Crippen molar-refractivity contribution < 1.29 is 9.59 Å². The van der Waals surface area contributed by atoms with Gasteiger partial charge in [-0.15, -0.1) is 0 Å². The van der Waals surface area contributed by atoms with Crippen molar-refractivity contribution in [3.63, 3.8) is 0 Å². The average molecular weight is 296 g/mol. The highest BCUT2D eigenvalue weighted by Gasteiger charge is 2.46. The number of nitrogens with one attached hydrogen (secondary N) is 1. The van der Waals surface area contributed by atoms with E-state index >= 15 is 0 Å². The van der Waals surface area contributed by atoms with Gasteiger partial charge in [-0.25, -0.2) is 0 Å². The summed E-state index contributed by atoms with van der Waals surface area (Å²) < 4.78 is 0. The van der Waals surface area contributed by atoms with Crippen LogP contribution in [-0.2, 0) is 9.59 Å². The molecule has 0 saturated carbocycles. The maximum Gasteiger partial charge on any atom is 0.246 e. The smallest absolute Gasteiger partial charge is 0.246 e. The third kappa shape index (κ3) is 4.45. The molecular weight excluding hydrogens is 264 g/mol. The average Bonchev–Trinajstić information content (AvgIpc) is 2.30. The lowest BCUT2D eigenvalue weighted by Gasteiger charge is -2.45. The first-order valence-electron chi connectivity index (χ1n) is 8.16. The number of hydrogen-bond donors (Lipinski definition) is 1. The highest BCUT2D eigenvalue weighted by molar-refractivity contribution is 5.97. The SMILES string of the molecule is CC(C)CCCN1C(=O)C(C(C)C)NC(=O)C1C(C)(C)C. The van der Waals surface area contributed by atoms with Crippen LogP contribution in [0.2, 0.25) is 0 Å². The first-order chi connectivity index (χ1) is 9.55. The van der Waals surface area contributed by atoms with E-state index in [4.69, 9.17) is 0 Å². The Morgan fingerprint density at radius 2 is 1.71 bits per heavy atom. The topological polar surface area (TPSA) is 49.4 Å². The van der Waals surface area contributed by atoms with Crippen molar-refractivity contribution in [3.05, 3.63) is 0 Å². The first kappa shape index (κ1) is 18.0. The fraction of sp³-hybridized carbons (Fsp3) is 0.882. The maximum atomic E-state index is 12.8. The molecule has 1 aliphatic rings. The summed E-state index contributed by atoms with van der Waals surface area (Å²) in [6.45, 7) is 15.1. The Morgan fingerprint density at radius 1 is 1.14 bits per heavy atom. The van der Waals surface area contributed by atoms with Crippen LogP contribution in [0, 0.1) is 17.3 Å². The van der Waals surface area contributed by atoms with Crippen LogP contribution in [0.1, 0.15) is 61.3 Å². The van der Waals surface area contributed by atoms with Crippen molar-refractivity contribution in [1.29, 1.82) is 0 Å². The van der Waals surface area contributed by atoms with E-state index in [2.05, 4.69) is 19.2 Å². The Balaban J connectivity index is 2.95. The Bertz CT molecular complexity index is 383. The molecule has 2 atom stereocenters. The minimum atomic E-state index is -0.379. The second kappa shape index (κ2) is 6.80. The Kier molecular flexibility index (Phi) is 5.83. The van der Waals surface area contributed by atoms with E-state index in [1.54, 1.807) is 0 Å². The van der Waals surface area contributed by atoms with Gasteiger partial charge >= 0.3 is 0 Å². The van der Waals surface area contributed by atoms with Crippen molar-refractivity contribution in [2.45, 2.75) is 73.4 Å². The molecule has 2 unspecified atom stereocenters. The van der Waals surface area contributed by atoms with E-state index in [0.29, 0.717) is 12.5 Å². The van der Waals surface area contributed by atoms with Gasteiger partial charge in [-0.05, 0) is 30.1 Å². The van der Waals surface area contributed by atoms with E-state index in [9.17, 15) is 9.59 Å². The van der Waals surface area contributed by atoms with E-state index < -0.39 is 0 Å². The number of piperazine rings is 1. The molecule has 0 aliphatic carbocycles. The van der Waals surface area contributed by atoms with Gasteiger partial charge in [0.1, 0.15) is 12.1 Å². The fourth-order valence-electron chi connectivity index (χ4n) is 2.96. The lowest BCUT2D eigenvalue weighted by atomic mass is 9.82. The molecule has 1 N–H and O–H groups in total. The lowest BCUT2D eigenvalue weighted by molar-refractivity contribution is -0.155. The summed E-state index contributed by atoms with van der Waals surface area (Å²) in [4.78, 5) is 27.1. The predicted octanol–water partition coefficient (Wildman–Crippen LogP) is 2.82. The standard InChI is InChI=1S/C17H32N2O2/c1-11(2)9-8-10-19-14(17(5,6)7)15(20)18-13(12(3)4)16(19)21/h11-14H,8-10H2,1-7H3,(H,18,20). The molecule has 122 valence electrons. The maximum absolute atomic E-state index is 12.8. The fourth-order valence-corrected chi connectivity index (χ4v) is 2.96. The summed E-state index contributed by atoms with van der Waals surface area (Å²) in [5, 5.41) is 2.92. The minimum Gasteiger partial charge on any atom is -0.342 e. The highest BCUT2D eigenvalue weighted by Crippen LogP contribution is 2.29. The van der Waals surface area contributed by atoms with Gasteiger partial charge in [0.05, 0.1) is 0 Å². The second-order valence-corrected chi connectivity index (χ2v) is 8.07. The number of rotatable bonds is 5. The van der Waals surface area contributed by atoms with E-state index in [1.165, 1.54) is 0 Å². The van der Waals surface area contributed by atoms with Gasteiger partial charge in [0.25, 0.3) is 0 Å². The third-order valence-electron chi connectivity index (χ3n) is 4.07. The summed E-state index contributed by atoms with van der Waals surface area (Å²) in [5.74, 6) is 0.807. The van der Waals surface area contributed by atoms with Crippen molar-refractivity contribution in [1.82, 2.24) is 10.2 Å². The Labute approximate surface area is 129 Å². The molecular formula is C17H32N2O2. The molecule has 4 nitrogen and oxygen atoms in total. The lowest BCUT2D eigenvalue weighted by Crippen LogP contribution is -2.67. The Hall–Kier alpha value is -1.06. The van der Waals surface area contributed by atoms with Crippen LogP contribution >= 0.6 is 0 Å². The van der Waals surface area contributed by atoms with Crippen LogP contribution in [0.25, 0.3) is 0 Å². The molecule has 0 radical (unpaired) electrons. The zero-order valence-corrected chi connectivity index (χ0v) is 14.7. The normalized spacial score (nSPS) is 24.0. The van der Waals surface area contributed by atoms with Crippen LogP contribution in [0.4, 0.5) is 0 Å². The molecule has 1 saturated heterocycles. The zero-order valence-electron chi connectivity index (χ0n) is 14.7. The second-order valence-electron chi connectivity index (χ2n) is 8.07. The van der Waals surface area contributed by atoms with Gasteiger partial charge < -0.3 is 10.2 Å². The number of carbonyl (C=O) groups excluding carboxylic acids is 2. The molecule has 0 spiro atoms. The molecule has 0 aromatic carbocycles. The summed E-state index contributed by atoms with van der Waals surface area (Å²) in [6, 6.07) is -0.748. The third-order valence-corrected chi connectivity index (χ3v) is 4.07. The molecule has 0 aromatic heterocycles. The zero-order chi connectivity index (χ0) is 16.4. The van der Waals surface area contributed by atoms with E-state index in [0.717, 1.165) is 12.8 Å². The largest absolute Gasteiger partial charge is 0.342 e. The molecule has 1 heterocycles. The number of amides is 2. The van der Waals surface area contributed by atoms with Gasteiger partial charge in [-0.2, -0.15) is 0 Å². The van der Waals surface area contributed by atoms with Crippen molar-refractivity contribution >= 4 is 11.8 Å². The van der Waals surface area contributed by atoms with Gasteiger partial charge in [-0.1, -0.05) is 48.5 Å².